The highest BCUT2D eigenvalue weighted by Crippen LogP contribution is 2.09. The summed E-state index contributed by atoms with van der Waals surface area (Å²) in [6.07, 6.45) is -0.135. The van der Waals surface area contributed by atoms with Gasteiger partial charge in [0.15, 0.2) is 0 Å². The average Bonchev–Trinajstić information content (AvgIpc) is 2.43. The molecule has 1 fully saturated rings. The zero-order valence-corrected chi connectivity index (χ0v) is 14.9. The van der Waals surface area contributed by atoms with Gasteiger partial charge >= 0.3 is 6.09 Å². The Labute approximate surface area is 139 Å². The Hall–Kier alpha value is -1.34. The molecular formula is C16H31N3O4. The Morgan fingerprint density at radius 3 is 2.39 bits per heavy atom. The largest absolute Gasteiger partial charge is 0.450 e. The Kier molecular flexibility index (Phi) is 8.33. The van der Waals surface area contributed by atoms with Gasteiger partial charge in [-0.3, -0.25) is 9.69 Å². The summed E-state index contributed by atoms with van der Waals surface area (Å²) in [6, 6.07) is -0.586. The van der Waals surface area contributed by atoms with E-state index in [2.05, 4.69) is 29.4 Å². The first-order chi connectivity index (χ1) is 10.8. The molecule has 0 aromatic carbocycles. The van der Waals surface area contributed by atoms with Crippen molar-refractivity contribution >= 4 is 12.0 Å². The molecule has 0 radical (unpaired) electrons. The monoisotopic (exact) mass is 329 g/mol. The molecule has 0 aliphatic carbocycles. The van der Waals surface area contributed by atoms with Crippen molar-refractivity contribution in [3.63, 3.8) is 0 Å². The van der Waals surface area contributed by atoms with Crippen LogP contribution in [0.15, 0.2) is 0 Å². The van der Waals surface area contributed by atoms with Crippen molar-refractivity contribution in [3.05, 3.63) is 0 Å². The summed E-state index contributed by atoms with van der Waals surface area (Å²) in [5.41, 5.74) is 0. The van der Waals surface area contributed by atoms with Crippen molar-refractivity contribution in [2.45, 2.75) is 52.9 Å². The molecule has 7 nitrogen and oxygen atoms in total. The SMILES string of the molecule is CCOC(=O)N[C@@H](C(=O)NCCN1C[C@@H](C)O[C@@H](C)C1)C(C)C. The van der Waals surface area contributed by atoms with Crippen molar-refractivity contribution in [2.75, 3.05) is 32.8 Å². The molecule has 2 N–H and O–H groups in total. The number of hydrogen-bond acceptors (Lipinski definition) is 5. The maximum absolute atomic E-state index is 12.3. The lowest BCUT2D eigenvalue weighted by Crippen LogP contribution is -2.52. The van der Waals surface area contributed by atoms with Gasteiger partial charge in [0.05, 0.1) is 18.8 Å². The van der Waals surface area contributed by atoms with E-state index in [0.717, 1.165) is 19.6 Å². The number of rotatable bonds is 7. The minimum absolute atomic E-state index is 0.0113. The van der Waals surface area contributed by atoms with Crippen molar-refractivity contribution in [1.29, 1.82) is 0 Å². The Morgan fingerprint density at radius 1 is 1.26 bits per heavy atom. The quantitative estimate of drug-likeness (QED) is 0.728. The predicted octanol–water partition coefficient (Wildman–Crippen LogP) is 0.983. The first-order valence-electron chi connectivity index (χ1n) is 8.42. The molecule has 0 aromatic heterocycles. The van der Waals surface area contributed by atoms with Gasteiger partial charge in [-0.2, -0.15) is 0 Å². The smallest absolute Gasteiger partial charge is 0.407 e. The molecule has 0 spiro atoms. The number of amides is 2. The molecule has 0 bridgehead atoms. The van der Waals surface area contributed by atoms with Crippen LogP contribution in [0.1, 0.15) is 34.6 Å². The fourth-order valence-corrected chi connectivity index (χ4v) is 2.75. The summed E-state index contributed by atoms with van der Waals surface area (Å²) >= 11 is 0. The van der Waals surface area contributed by atoms with Crippen molar-refractivity contribution in [3.8, 4) is 0 Å². The second kappa shape index (κ2) is 9.72. The van der Waals surface area contributed by atoms with Gasteiger partial charge in [0.1, 0.15) is 6.04 Å². The van der Waals surface area contributed by atoms with Crippen molar-refractivity contribution in [2.24, 2.45) is 5.92 Å². The number of ether oxygens (including phenoxy) is 2. The first kappa shape index (κ1) is 19.7. The fourth-order valence-electron chi connectivity index (χ4n) is 2.75. The van der Waals surface area contributed by atoms with Crippen LogP contribution in [0, 0.1) is 5.92 Å². The summed E-state index contributed by atoms with van der Waals surface area (Å²) in [5, 5.41) is 5.51. The van der Waals surface area contributed by atoms with Crippen LogP contribution in [0.5, 0.6) is 0 Å². The van der Waals surface area contributed by atoms with Crippen LogP contribution in [0.2, 0.25) is 0 Å². The zero-order chi connectivity index (χ0) is 17.4. The fraction of sp³-hybridized carbons (Fsp3) is 0.875. The molecule has 0 unspecified atom stereocenters. The van der Waals surface area contributed by atoms with E-state index in [1.807, 2.05) is 13.8 Å². The van der Waals surface area contributed by atoms with Crippen LogP contribution in [0.4, 0.5) is 4.79 Å². The normalized spacial score (nSPS) is 23.4. The van der Waals surface area contributed by atoms with E-state index in [9.17, 15) is 9.59 Å². The summed E-state index contributed by atoms with van der Waals surface area (Å²) in [6.45, 7) is 13.0. The zero-order valence-electron chi connectivity index (χ0n) is 14.9. The molecule has 1 heterocycles. The third-order valence-electron chi connectivity index (χ3n) is 3.72. The number of alkyl carbamates (subject to hydrolysis) is 1. The summed E-state index contributed by atoms with van der Waals surface area (Å²) in [7, 11) is 0. The molecule has 3 atom stereocenters. The highest BCUT2D eigenvalue weighted by Gasteiger charge is 2.25. The second-order valence-corrected chi connectivity index (χ2v) is 6.39. The Morgan fingerprint density at radius 2 is 1.87 bits per heavy atom. The summed E-state index contributed by atoms with van der Waals surface area (Å²) in [4.78, 5) is 26.1. The molecule has 1 aliphatic heterocycles. The number of nitrogens with one attached hydrogen (secondary N) is 2. The Bertz CT molecular complexity index is 380. The predicted molar refractivity (Wildman–Crippen MR) is 88.2 cm³/mol. The molecule has 1 rings (SSSR count). The van der Waals surface area contributed by atoms with E-state index in [1.54, 1.807) is 6.92 Å². The van der Waals surface area contributed by atoms with Gasteiger partial charge in [-0.05, 0) is 26.7 Å². The molecule has 7 heteroatoms. The van der Waals surface area contributed by atoms with E-state index >= 15 is 0 Å². The third-order valence-corrected chi connectivity index (χ3v) is 3.72. The molecule has 134 valence electrons. The first-order valence-corrected chi connectivity index (χ1v) is 8.42. The van der Waals surface area contributed by atoms with Gasteiger partial charge < -0.3 is 20.1 Å². The van der Waals surface area contributed by atoms with E-state index in [-0.39, 0.29) is 30.6 Å². The average molecular weight is 329 g/mol. The van der Waals surface area contributed by atoms with Crippen LogP contribution in [0.3, 0.4) is 0 Å². The lowest BCUT2D eigenvalue weighted by Gasteiger charge is -2.35. The number of nitrogens with zero attached hydrogens (tertiary/aromatic N) is 1. The molecule has 1 aliphatic rings. The van der Waals surface area contributed by atoms with Gasteiger partial charge in [-0.15, -0.1) is 0 Å². The maximum atomic E-state index is 12.3. The van der Waals surface area contributed by atoms with E-state index in [1.165, 1.54) is 0 Å². The highest BCUT2D eigenvalue weighted by molar-refractivity contribution is 5.85. The maximum Gasteiger partial charge on any atom is 0.407 e. The number of hydrogen-bond donors (Lipinski definition) is 2. The second-order valence-electron chi connectivity index (χ2n) is 6.39. The molecule has 1 saturated heterocycles. The molecular weight excluding hydrogens is 298 g/mol. The van der Waals surface area contributed by atoms with Gasteiger partial charge in [0.25, 0.3) is 0 Å². The Balaban J connectivity index is 2.38. The highest BCUT2D eigenvalue weighted by atomic mass is 16.5. The molecule has 23 heavy (non-hydrogen) atoms. The minimum Gasteiger partial charge on any atom is -0.450 e. The summed E-state index contributed by atoms with van der Waals surface area (Å²) < 4.78 is 10.5. The topological polar surface area (TPSA) is 79.9 Å². The van der Waals surface area contributed by atoms with Crippen LogP contribution in [-0.2, 0) is 14.3 Å². The lowest BCUT2D eigenvalue weighted by molar-refractivity contribution is -0.124. The van der Waals surface area contributed by atoms with Crippen LogP contribution >= 0.6 is 0 Å². The van der Waals surface area contributed by atoms with Crippen molar-refractivity contribution in [1.82, 2.24) is 15.5 Å². The van der Waals surface area contributed by atoms with Crippen LogP contribution < -0.4 is 10.6 Å². The van der Waals surface area contributed by atoms with E-state index in [0.29, 0.717) is 6.54 Å². The molecule has 0 saturated carbocycles. The molecule has 0 aromatic rings. The standard InChI is InChI=1S/C16H31N3O4/c1-6-22-16(21)18-14(11(2)3)15(20)17-7-8-19-9-12(4)23-13(5)10-19/h11-14H,6-10H2,1-5H3,(H,17,20)(H,18,21)/t12-,13+,14-/m1/s1. The van der Waals surface area contributed by atoms with Gasteiger partial charge in [-0.25, -0.2) is 4.79 Å². The lowest BCUT2D eigenvalue weighted by atomic mass is 10.0. The van der Waals surface area contributed by atoms with Crippen molar-refractivity contribution < 1.29 is 19.1 Å². The minimum atomic E-state index is -0.586. The van der Waals surface area contributed by atoms with Gasteiger partial charge in [-0.1, -0.05) is 13.8 Å². The number of carbonyl (C=O) groups is 2. The summed E-state index contributed by atoms with van der Waals surface area (Å²) in [5.74, 6) is -0.190. The number of carbonyl (C=O) groups excluding carboxylic acids is 2. The molecule has 2 amide bonds. The third kappa shape index (κ3) is 7.18. The van der Waals surface area contributed by atoms with Crippen LogP contribution in [0.25, 0.3) is 0 Å². The van der Waals surface area contributed by atoms with Gasteiger partial charge in [0.2, 0.25) is 5.91 Å². The van der Waals surface area contributed by atoms with Gasteiger partial charge in [0, 0.05) is 26.2 Å². The van der Waals surface area contributed by atoms with E-state index in [4.69, 9.17) is 9.47 Å². The van der Waals surface area contributed by atoms with E-state index < -0.39 is 12.1 Å². The number of morpholine rings is 1. The van der Waals surface area contributed by atoms with Crippen LogP contribution in [-0.4, -0.2) is 67.9 Å².